The average molecular weight is 489 g/mol. The quantitative estimate of drug-likeness (QED) is 0.245. The van der Waals surface area contributed by atoms with Crippen LogP contribution in [0.2, 0.25) is 0 Å². The summed E-state index contributed by atoms with van der Waals surface area (Å²) in [6.07, 6.45) is 6.96. The molecule has 2 aliphatic heterocycles. The summed E-state index contributed by atoms with van der Waals surface area (Å²) in [5, 5.41) is 0. The third kappa shape index (κ3) is 4.02. The average Bonchev–Trinajstić information content (AvgIpc) is 2.92. The maximum atomic E-state index is 6.43. The third-order valence-corrected chi connectivity index (χ3v) is 8.47. The van der Waals surface area contributed by atoms with Gasteiger partial charge in [0.05, 0.1) is 0 Å². The summed E-state index contributed by atoms with van der Waals surface area (Å²) in [6, 6.07) is 31.0. The Morgan fingerprint density at radius 2 is 1.14 bits per heavy atom. The van der Waals surface area contributed by atoms with E-state index in [4.69, 9.17) is 4.74 Å². The molecular formula is C32H32BNOS. The third-order valence-electron chi connectivity index (χ3n) is 7.37. The normalized spacial score (nSPS) is 13.4. The maximum absolute atomic E-state index is 6.43. The van der Waals surface area contributed by atoms with E-state index >= 15 is 0 Å². The first-order valence-electron chi connectivity index (χ1n) is 13.4. The molecule has 36 heavy (non-hydrogen) atoms. The first kappa shape index (κ1) is 23.3. The van der Waals surface area contributed by atoms with Gasteiger partial charge in [0.15, 0.2) is 0 Å². The second kappa shape index (κ2) is 10.1. The number of nitrogens with zero attached hydrogens (tertiary/aromatic N) is 1. The van der Waals surface area contributed by atoms with Crippen molar-refractivity contribution in [1.29, 1.82) is 0 Å². The second-order valence-corrected chi connectivity index (χ2v) is 10.9. The summed E-state index contributed by atoms with van der Waals surface area (Å²) in [6.45, 7) is 4.62. The van der Waals surface area contributed by atoms with Gasteiger partial charge in [-0.2, -0.15) is 0 Å². The van der Waals surface area contributed by atoms with Gasteiger partial charge in [0, 0.05) is 21.2 Å². The van der Waals surface area contributed by atoms with Crippen molar-refractivity contribution in [1.82, 2.24) is 0 Å². The summed E-state index contributed by atoms with van der Waals surface area (Å²) in [4.78, 5) is 5.38. The molecule has 0 aromatic heterocycles. The largest absolute Gasteiger partial charge is 0.458 e. The van der Waals surface area contributed by atoms with Gasteiger partial charge in [0.1, 0.15) is 11.5 Å². The van der Waals surface area contributed by atoms with E-state index in [1.165, 1.54) is 68.9 Å². The predicted octanol–water partition coefficient (Wildman–Crippen LogP) is 7.89. The highest BCUT2D eigenvalue weighted by atomic mass is 32.2. The van der Waals surface area contributed by atoms with Crippen LogP contribution in [0.3, 0.4) is 0 Å². The van der Waals surface area contributed by atoms with E-state index in [1.54, 1.807) is 0 Å². The molecule has 0 fully saturated rings. The Hall–Kier alpha value is -3.11. The van der Waals surface area contributed by atoms with E-state index in [2.05, 4.69) is 104 Å². The van der Waals surface area contributed by atoms with Gasteiger partial charge in [-0.25, -0.2) is 0 Å². The van der Waals surface area contributed by atoms with Crippen LogP contribution in [0, 0.1) is 0 Å². The van der Waals surface area contributed by atoms with E-state index < -0.39 is 0 Å². The lowest BCUT2D eigenvalue weighted by Crippen LogP contribution is -2.58. The van der Waals surface area contributed by atoms with E-state index in [0.717, 1.165) is 24.3 Å². The Kier molecular flexibility index (Phi) is 6.54. The first-order valence-corrected chi connectivity index (χ1v) is 14.2. The number of anilines is 2. The molecule has 0 radical (unpaired) electrons. The molecule has 0 atom stereocenters. The van der Waals surface area contributed by atoms with Crippen molar-refractivity contribution in [3.05, 3.63) is 96.1 Å². The van der Waals surface area contributed by atoms with Crippen LogP contribution in [0.5, 0.6) is 11.5 Å². The summed E-state index contributed by atoms with van der Waals surface area (Å²) in [5.74, 6) is 1.92. The fourth-order valence-electron chi connectivity index (χ4n) is 5.64. The minimum absolute atomic E-state index is 0.0510. The summed E-state index contributed by atoms with van der Waals surface area (Å²) >= 11 is 1.94. The minimum Gasteiger partial charge on any atom is -0.458 e. The summed E-state index contributed by atoms with van der Waals surface area (Å²) in [7, 11) is 0. The molecule has 4 aromatic carbocycles. The predicted molar refractivity (Wildman–Crippen MR) is 154 cm³/mol. The molecule has 2 heterocycles. The molecule has 0 amide bonds. The van der Waals surface area contributed by atoms with Crippen LogP contribution in [-0.4, -0.2) is 6.85 Å². The minimum atomic E-state index is 0.0510. The van der Waals surface area contributed by atoms with E-state index in [0.29, 0.717) is 0 Å². The molecule has 180 valence electrons. The van der Waals surface area contributed by atoms with Crippen molar-refractivity contribution in [2.75, 3.05) is 4.81 Å². The highest BCUT2D eigenvalue weighted by molar-refractivity contribution is 7.99. The monoisotopic (exact) mass is 489 g/mol. The SMILES string of the molecule is CCCCc1cccc2c1N(B1c3ccccc3Oc3ccccc31)c1c(CCCC)cccc1S2. The Morgan fingerprint density at radius 1 is 0.639 bits per heavy atom. The summed E-state index contributed by atoms with van der Waals surface area (Å²) in [5.41, 5.74) is 8.11. The number of aryl methyl sites for hydroxylation is 2. The zero-order chi connectivity index (χ0) is 24.5. The van der Waals surface area contributed by atoms with Crippen LogP contribution in [0.1, 0.15) is 50.7 Å². The van der Waals surface area contributed by atoms with Crippen molar-refractivity contribution >= 4 is 40.9 Å². The Bertz CT molecular complexity index is 1300. The van der Waals surface area contributed by atoms with Gasteiger partial charge in [-0.05, 0) is 72.0 Å². The van der Waals surface area contributed by atoms with Gasteiger partial charge in [0.2, 0.25) is 0 Å². The molecule has 4 aromatic rings. The molecular weight excluding hydrogens is 457 g/mol. The number of fused-ring (bicyclic) bond motifs is 4. The number of ether oxygens (including phenoxy) is 1. The topological polar surface area (TPSA) is 12.5 Å². The lowest BCUT2D eigenvalue weighted by molar-refractivity contribution is 0.487. The van der Waals surface area contributed by atoms with Crippen LogP contribution < -0.4 is 20.5 Å². The fraction of sp³-hybridized carbons (Fsp3) is 0.250. The molecule has 0 N–H and O–H groups in total. The molecule has 0 bridgehead atoms. The molecule has 0 unspecified atom stereocenters. The van der Waals surface area contributed by atoms with Crippen molar-refractivity contribution in [3.63, 3.8) is 0 Å². The number of hydrogen-bond donors (Lipinski definition) is 0. The molecule has 2 aliphatic rings. The van der Waals surface area contributed by atoms with Crippen LogP contribution in [0.25, 0.3) is 0 Å². The Morgan fingerprint density at radius 3 is 1.64 bits per heavy atom. The lowest BCUT2D eigenvalue weighted by Gasteiger charge is -2.42. The van der Waals surface area contributed by atoms with E-state index in [-0.39, 0.29) is 6.85 Å². The van der Waals surface area contributed by atoms with Gasteiger partial charge in [-0.15, -0.1) is 0 Å². The number of unbranched alkanes of at least 4 members (excludes halogenated alkanes) is 2. The van der Waals surface area contributed by atoms with Gasteiger partial charge in [-0.3, -0.25) is 0 Å². The van der Waals surface area contributed by atoms with Crippen molar-refractivity contribution in [2.45, 2.75) is 62.2 Å². The maximum Gasteiger partial charge on any atom is 0.335 e. The van der Waals surface area contributed by atoms with Crippen LogP contribution in [0.4, 0.5) is 11.4 Å². The van der Waals surface area contributed by atoms with E-state index in [1.807, 2.05) is 11.8 Å². The highest BCUT2D eigenvalue weighted by Gasteiger charge is 2.41. The van der Waals surface area contributed by atoms with Crippen LogP contribution in [0.15, 0.2) is 94.7 Å². The van der Waals surface area contributed by atoms with Crippen LogP contribution in [-0.2, 0) is 12.8 Å². The number of benzene rings is 4. The van der Waals surface area contributed by atoms with E-state index in [9.17, 15) is 0 Å². The molecule has 0 saturated heterocycles. The highest BCUT2D eigenvalue weighted by Crippen LogP contribution is 2.52. The molecule has 0 aliphatic carbocycles. The van der Waals surface area contributed by atoms with Gasteiger partial charge >= 0.3 is 6.85 Å². The summed E-state index contributed by atoms with van der Waals surface area (Å²) < 4.78 is 6.43. The zero-order valence-electron chi connectivity index (χ0n) is 21.2. The number of para-hydroxylation sites is 4. The van der Waals surface area contributed by atoms with Crippen molar-refractivity contribution in [2.24, 2.45) is 0 Å². The smallest absolute Gasteiger partial charge is 0.335 e. The van der Waals surface area contributed by atoms with Gasteiger partial charge in [0.25, 0.3) is 0 Å². The molecule has 0 saturated carbocycles. The molecule has 2 nitrogen and oxygen atoms in total. The molecule has 6 rings (SSSR count). The first-order chi connectivity index (χ1) is 17.8. The Balaban J connectivity index is 1.64. The molecule has 4 heteroatoms. The van der Waals surface area contributed by atoms with Crippen molar-refractivity contribution in [3.8, 4) is 11.5 Å². The van der Waals surface area contributed by atoms with Crippen molar-refractivity contribution < 1.29 is 4.74 Å². The van der Waals surface area contributed by atoms with Crippen LogP contribution >= 0.6 is 11.8 Å². The number of rotatable bonds is 7. The van der Waals surface area contributed by atoms with Gasteiger partial charge in [-0.1, -0.05) is 99.1 Å². The second-order valence-electron chi connectivity index (χ2n) is 9.79. The standard InChI is InChI=1S/C32H32BNOS/c1-3-5-13-23-15-11-21-29-31(23)34(32-24(14-6-4-2)16-12-22-30(32)36-29)33-25-17-7-9-19-27(25)35-28-20-10-8-18-26(28)33/h7-12,15-22H,3-6,13-14H2,1-2H3. The Labute approximate surface area is 219 Å². The van der Waals surface area contributed by atoms with Gasteiger partial charge < -0.3 is 9.55 Å². The molecule has 0 spiro atoms. The fourth-order valence-corrected chi connectivity index (χ4v) is 6.82. The zero-order valence-corrected chi connectivity index (χ0v) is 22.0. The number of hydrogen-bond acceptors (Lipinski definition) is 3. The lowest BCUT2D eigenvalue weighted by atomic mass is 9.47.